The number of ether oxygens (including phenoxy) is 4. The molecule has 1 aliphatic rings. The molecule has 7 rings (SSSR count). The van der Waals surface area contributed by atoms with Crippen LogP contribution in [0.25, 0.3) is 15.9 Å². The first-order valence-electron chi connectivity index (χ1n) is 15.1. The van der Waals surface area contributed by atoms with Gasteiger partial charge in [0.05, 0.1) is 27.0 Å². The van der Waals surface area contributed by atoms with E-state index >= 15 is 0 Å². The second-order valence-electron chi connectivity index (χ2n) is 11.1. The molecule has 0 atom stereocenters. The van der Waals surface area contributed by atoms with E-state index in [4.69, 9.17) is 40.5 Å². The van der Waals surface area contributed by atoms with Crippen LogP contribution in [0, 0.1) is 6.92 Å². The predicted molar refractivity (Wildman–Crippen MR) is 184 cm³/mol. The molecule has 0 aliphatic heterocycles. The maximum Gasteiger partial charge on any atom is 0.202 e. The lowest BCUT2D eigenvalue weighted by atomic mass is 10.1. The molecular formula is C35H32ClN5O4S2. The Kier molecular flexibility index (Phi) is 8.94. The lowest BCUT2D eigenvalue weighted by molar-refractivity contribution is 0.292. The van der Waals surface area contributed by atoms with E-state index in [1.54, 1.807) is 32.7 Å². The van der Waals surface area contributed by atoms with Crippen molar-refractivity contribution >= 4 is 44.9 Å². The number of thiophene rings is 1. The Morgan fingerprint density at radius 3 is 2.45 bits per heavy atom. The summed E-state index contributed by atoms with van der Waals surface area (Å²) in [6, 6.07) is 19.3. The average molecular weight is 686 g/mol. The Morgan fingerprint density at radius 2 is 1.68 bits per heavy atom. The standard InChI is InChI=1S/C35H32ClN5O4S2/c1-20-8-10-22(18-26(20)36)41-31(19-45-24-13-11-23(42-2)12-14-24)39-40-35(41)47-34-32-25-6-5-7-29(25)46-33(32)37-30(38-34)17-21-9-15-27(43-3)28(16-21)44-4/h8-16,18H,5-7,17,19H2,1-4H3. The first kappa shape index (κ1) is 31.3. The van der Waals surface area contributed by atoms with E-state index in [0.717, 1.165) is 62.9 Å². The minimum Gasteiger partial charge on any atom is -0.497 e. The molecule has 0 fully saturated rings. The number of halogens is 1. The van der Waals surface area contributed by atoms with Crippen LogP contribution in [0.1, 0.15) is 39.6 Å². The van der Waals surface area contributed by atoms with E-state index in [0.29, 0.717) is 39.7 Å². The van der Waals surface area contributed by atoms with Crippen LogP contribution in [-0.4, -0.2) is 46.1 Å². The molecule has 47 heavy (non-hydrogen) atoms. The number of fused-ring (bicyclic) bond motifs is 3. The zero-order valence-corrected chi connectivity index (χ0v) is 28.8. The highest BCUT2D eigenvalue weighted by Crippen LogP contribution is 2.43. The van der Waals surface area contributed by atoms with Gasteiger partial charge in [0.2, 0.25) is 5.16 Å². The van der Waals surface area contributed by atoms with Gasteiger partial charge in [0, 0.05) is 21.7 Å². The molecule has 240 valence electrons. The van der Waals surface area contributed by atoms with Crippen LogP contribution >= 0.6 is 34.7 Å². The Labute approximate surface area is 285 Å². The highest BCUT2D eigenvalue weighted by atomic mass is 35.5. The molecule has 0 N–H and O–H groups in total. The second-order valence-corrected chi connectivity index (χ2v) is 13.5. The molecule has 9 nitrogen and oxygen atoms in total. The quantitative estimate of drug-likeness (QED) is 0.126. The number of benzene rings is 3. The molecule has 0 bridgehead atoms. The van der Waals surface area contributed by atoms with Gasteiger partial charge in [-0.3, -0.25) is 4.57 Å². The number of aryl methyl sites for hydroxylation is 3. The van der Waals surface area contributed by atoms with Crippen molar-refractivity contribution in [1.29, 1.82) is 0 Å². The van der Waals surface area contributed by atoms with Gasteiger partial charge < -0.3 is 18.9 Å². The monoisotopic (exact) mass is 685 g/mol. The van der Waals surface area contributed by atoms with Crippen LogP contribution < -0.4 is 18.9 Å². The van der Waals surface area contributed by atoms with E-state index in [-0.39, 0.29) is 6.61 Å². The summed E-state index contributed by atoms with van der Waals surface area (Å²) in [5.74, 6) is 4.16. The molecule has 0 amide bonds. The van der Waals surface area contributed by atoms with Crippen molar-refractivity contribution in [2.45, 2.75) is 49.4 Å². The lowest BCUT2D eigenvalue weighted by Gasteiger charge is -2.13. The lowest BCUT2D eigenvalue weighted by Crippen LogP contribution is -2.07. The van der Waals surface area contributed by atoms with Crippen LogP contribution in [0.15, 0.2) is 70.8 Å². The van der Waals surface area contributed by atoms with Crippen molar-refractivity contribution in [1.82, 2.24) is 24.7 Å². The summed E-state index contributed by atoms with van der Waals surface area (Å²) in [7, 11) is 4.91. The second kappa shape index (κ2) is 13.4. The minimum absolute atomic E-state index is 0.197. The van der Waals surface area contributed by atoms with Crippen LogP contribution in [0.3, 0.4) is 0 Å². The van der Waals surface area contributed by atoms with Crippen LogP contribution in [0.4, 0.5) is 0 Å². The van der Waals surface area contributed by atoms with Gasteiger partial charge in [-0.1, -0.05) is 23.7 Å². The summed E-state index contributed by atoms with van der Waals surface area (Å²) in [4.78, 5) is 12.6. The molecule has 0 saturated carbocycles. The number of rotatable bonds is 11. The molecule has 3 aromatic heterocycles. The van der Waals surface area contributed by atoms with Gasteiger partial charge in [-0.2, -0.15) is 0 Å². The van der Waals surface area contributed by atoms with Gasteiger partial charge in [0.25, 0.3) is 0 Å². The van der Waals surface area contributed by atoms with Crippen LogP contribution in [0.2, 0.25) is 5.02 Å². The van der Waals surface area contributed by atoms with Gasteiger partial charge >= 0.3 is 0 Å². The summed E-state index contributed by atoms with van der Waals surface area (Å²) in [6.45, 7) is 2.18. The molecule has 0 spiro atoms. The van der Waals surface area contributed by atoms with Crippen LogP contribution in [0.5, 0.6) is 23.0 Å². The molecule has 0 radical (unpaired) electrons. The van der Waals surface area contributed by atoms with Crippen LogP contribution in [-0.2, 0) is 25.9 Å². The zero-order chi connectivity index (χ0) is 32.5. The third-order valence-electron chi connectivity index (χ3n) is 8.12. The Hall–Kier alpha value is -4.32. The number of aromatic nitrogens is 5. The third kappa shape index (κ3) is 6.35. The molecule has 12 heteroatoms. The predicted octanol–water partition coefficient (Wildman–Crippen LogP) is 8.07. The third-order valence-corrected chi connectivity index (χ3v) is 10.6. The van der Waals surface area contributed by atoms with Crippen molar-refractivity contribution in [3.05, 3.63) is 98.9 Å². The summed E-state index contributed by atoms with van der Waals surface area (Å²) < 4.78 is 24.4. The number of hydrogen-bond acceptors (Lipinski definition) is 10. The van der Waals surface area contributed by atoms with Crippen molar-refractivity contribution in [2.75, 3.05) is 21.3 Å². The molecular weight excluding hydrogens is 654 g/mol. The van der Waals surface area contributed by atoms with Gasteiger partial charge in [0.1, 0.15) is 33.8 Å². The highest BCUT2D eigenvalue weighted by Gasteiger charge is 2.25. The summed E-state index contributed by atoms with van der Waals surface area (Å²) in [6.07, 6.45) is 3.76. The number of nitrogens with zero attached hydrogens (tertiary/aromatic N) is 5. The fraction of sp³-hybridized carbons (Fsp3) is 0.257. The summed E-state index contributed by atoms with van der Waals surface area (Å²) in [5.41, 5.74) is 4.20. The molecule has 6 aromatic rings. The Bertz CT molecular complexity index is 2080. The number of hydrogen-bond donors (Lipinski definition) is 0. The van der Waals surface area contributed by atoms with E-state index in [9.17, 15) is 0 Å². The zero-order valence-electron chi connectivity index (χ0n) is 26.4. The molecule has 0 unspecified atom stereocenters. The fourth-order valence-corrected chi connectivity index (χ4v) is 8.23. The molecule has 0 saturated heterocycles. The first-order chi connectivity index (χ1) is 22.9. The van der Waals surface area contributed by atoms with Crippen molar-refractivity contribution in [3.63, 3.8) is 0 Å². The van der Waals surface area contributed by atoms with Crippen molar-refractivity contribution in [2.24, 2.45) is 0 Å². The first-order valence-corrected chi connectivity index (χ1v) is 17.1. The van der Waals surface area contributed by atoms with Crippen molar-refractivity contribution < 1.29 is 18.9 Å². The summed E-state index contributed by atoms with van der Waals surface area (Å²) >= 11 is 9.88. The maximum absolute atomic E-state index is 6.62. The normalized spacial score (nSPS) is 12.4. The smallest absolute Gasteiger partial charge is 0.202 e. The van der Waals surface area contributed by atoms with Gasteiger partial charge in [-0.15, -0.1) is 21.5 Å². The van der Waals surface area contributed by atoms with E-state index in [2.05, 4.69) is 10.2 Å². The molecule has 3 aromatic carbocycles. The van der Waals surface area contributed by atoms with E-state index in [1.807, 2.05) is 72.2 Å². The van der Waals surface area contributed by atoms with Gasteiger partial charge in [-0.25, -0.2) is 9.97 Å². The van der Waals surface area contributed by atoms with Gasteiger partial charge in [-0.05, 0) is 103 Å². The fourth-order valence-electron chi connectivity index (χ4n) is 5.68. The minimum atomic E-state index is 0.197. The maximum atomic E-state index is 6.62. The van der Waals surface area contributed by atoms with E-state index in [1.165, 1.54) is 22.2 Å². The van der Waals surface area contributed by atoms with Crippen molar-refractivity contribution in [3.8, 4) is 28.7 Å². The Morgan fingerprint density at radius 1 is 0.872 bits per heavy atom. The summed E-state index contributed by atoms with van der Waals surface area (Å²) in [5, 5.41) is 12.5. The SMILES string of the molecule is COc1ccc(OCc2nnc(Sc3nc(Cc4ccc(OC)c(OC)c4)nc4sc5c(c34)CCC5)n2-c2ccc(C)c(Cl)c2)cc1. The number of methoxy groups -OCH3 is 3. The average Bonchev–Trinajstić information content (AvgIpc) is 3.80. The highest BCUT2D eigenvalue weighted by molar-refractivity contribution is 7.99. The topological polar surface area (TPSA) is 93.4 Å². The molecule has 3 heterocycles. The largest absolute Gasteiger partial charge is 0.497 e. The Balaban J connectivity index is 1.28. The van der Waals surface area contributed by atoms with E-state index < -0.39 is 0 Å². The molecule has 1 aliphatic carbocycles. The van der Waals surface area contributed by atoms with Gasteiger partial charge in [0.15, 0.2) is 17.3 Å².